The molecule has 5 heteroatoms. The lowest BCUT2D eigenvalue weighted by Gasteiger charge is -2.49. The van der Waals surface area contributed by atoms with Gasteiger partial charge in [-0.1, -0.05) is 0 Å². The Morgan fingerprint density at radius 3 is 3.00 bits per heavy atom. The van der Waals surface area contributed by atoms with Gasteiger partial charge in [-0.2, -0.15) is 0 Å². The van der Waals surface area contributed by atoms with Crippen molar-refractivity contribution in [2.24, 2.45) is 11.7 Å². The van der Waals surface area contributed by atoms with E-state index in [0.29, 0.717) is 17.9 Å². The number of furan rings is 1. The largest absolute Gasteiger partial charge is 0.463 e. The molecule has 5 heterocycles. The average Bonchev–Trinajstić information content (AvgIpc) is 3.09. The quantitative estimate of drug-likeness (QED) is 0.940. The minimum Gasteiger partial charge on any atom is -0.463 e. The Bertz CT molecular complexity index is 655. The summed E-state index contributed by atoms with van der Waals surface area (Å²) in [5.74, 6) is 2.81. The molecule has 2 N–H and O–H groups in total. The molecule has 5 nitrogen and oxygen atoms in total. The van der Waals surface area contributed by atoms with Crippen molar-refractivity contribution in [2.45, 2.75) is 31.7 Å². The lowest BCUT2D eigenvalue weighted by atomic mass is 9.74. The first-order valence-electron chi connectivity index (χ1n) is 8.08. The number of aromatic nitrogens is 2. The van der Waals surface area contributed by atoms with Gasteiger partial charge in [0.05, 0.1) is 6.26 Å². The van der Waals surface area contributed by atoms with E-state index in [1.807, 2.05) is 19.1 Å². The molecule has 116 valence electrons. The molecule has 5 rings (SSSR count). The molecule has 2 aromatic rings. The first-order chi connectivity index (χ1) is 10.7. The summed E-state index contributed by atoms with van der Waals surface area (Å²) >= 11 is 0. The molecule has 3 saturated heterocycles. The smallest absolute Gasteiger partial charge is 0.152 e. The molecule has 3 aliphatic rings. The Morgan fingerprint density at radius 2 is 2.32 bits per heavy atom. The molecular formula is C17H22N4O. The third kappa shape index (κ3) is 2.34. The van der Waals surface area contributed by atoms with Gasteiger partial charge in [-0.15, -0.1) is 0 Å². The summed E-state index contributed by atoms with van der Waals surface area (Å²) in [4.78, 5) is 11.8. The number of nitrogens with zero attached hydrogens (tertiary/aromatic N) is 3. The zero-order valence-corrected chi connectivity index (χ0v) is 12.9. The maximum atomic E-state index is 5.91. The first-order valence-corrected chi connectivity index (χ1v) is 8.08. The summed E-state index contributed by atoms with van der Waals surface area (Å²) in [6.45, 7) is 4.97. The van der Waals surface area contributed by atoms with Gasteiger partial charge in [0.1, 0.15) is 11.5 Å². The van der Waals surface area contributed by atoms with Gasteiger partial charge in [-0.3, -0.25) is 4.90 Å². The van der Waals surface area contributed by atoms with Crippen LogP contribution < -0.4 is 5.73 Å². The number of hydrogen-bond acceptors (Lipinski definition) is 5. The zero-order chi connectivity index (χ0) is 15.1. The van der Waals surface area contributed by atoms with Crippen molar-refractivity contribution in [1.82, 2.24) is 14.9 Å². The highest BCUT2D eigenvalue weighted by atomic mass is 16.3. The fourth-order valence-electron chi connectivity index (χ4n) is 4.05. The van der Waals surface area contributed by atoms with Crippen LogP contribution in [-0.2, 0) is 0 Å². The summed E-state index contributed by atoms with van der Waals surface area (Å²) in [6.07, 6.45) is 4.13. The molecule has 22 heavy (non-hydrogen) atoms. The van der Waals surface area contributed by atoms with E-state index in [2.05, 4.69) is 16.0 Å². The molecule has 3 fully saturated rings. The van der Waals surface area contributed by atoms with E-state index in [1.165, 1.54) is 19.4 Å². The molecule has 0 saturated carbocycles. The molecular weight excluding hydrogens is 276 g/mol. The summed E-state index contributed by atoms with van der Waals surface area (Å²) < 4.78 is 5.50. The zero-order valence-electron chi connectivity index (χ0n) is 12.9. The van der Waals surface area contributed by atoms with Crippen LogP contribution in [0.5, 0.6) is 0 Å². The fraction of sp³-hybridized carbons (Fsp3) is 0.529. The molecule has 0 amide bonds. The third-order valence-electron chi connectivity index (χ3n) is 5.16. The molecule has 2 aromatic heterocycles. The lowest BCUT2D eigenvalue weighted by molar-refractivity contribution is 0.0333. The van der Waals surface area contributed by atoms with Crippen molar-refractivity contribution in [2.75, 3.05) is 19.6 Å². The highest BCUT2D eigenvalue weighted by Crippen LogP contribution is 2.41. The van der Waals surface area contributed by atoms with Crippen LogP contribution in [0.15, 0.2) is 28.9 Å². The van der Waals surface area contributed by atoms with Gasteiger partial charge in [-0.05, 0) is 50.4 Å². The first kappa shape index (κ1) is 13.9. The third-order valence-corrected chi connectivity index (χ3v) is 5.16. The SMILES string of the molecule is Cc1nc(-c2ccco2)cc([C@H]2CN3CC[C@H]2C[C@@H]3CN)n1. The van der Waals surface area contributed by atoms with Gasteiger partial charge >= 0.3 is 0 Å². The minimum absolute atomic E-state index is 0.493. The predicted octanol–water partition coefficient (Wildman–Crippen LogP) is 2.18. The van der Waals surface area contributed by atoms with Crippen molar-refractivity contribution in [1.29, 1.82) is 0 Å². The van der Waals surface area contributed by atoms with Crippen LogP contribution in [0.1, 0.15) is 30.3 Å². The Morgan fingerprint density at radius 1 is 1.41 bits per heavy atom. The number of piperidine rings is 3. The van der Waals surface area contributed by atoms with Crippen LogP contribution in [0, 0.1) is 12.8 Å². The van der Waals surface area contributed by atoms with E-state index in [4.69, 9.17) is 15.1 Å². The summed E-state index contributed by atoms with van der Waals surface area (Å²) in [7, 11) is 0. The van der Waals surface area contributed by atoms with E-state index >= 15 is 0 Å². The van der Waals surface area contributed by atoms with Crippen molar-refractivity contribution >= 4 is 0 Å². The van der Waals surface area contributed by atoms with Gasteiger partial charge in [-0.25, -0.2) is 9.97 Å². The molecule has 4 atom stereocenters. The molecule has 0 aliphatic carbocycles. The van der Waals surface area contributed by atoms with Crippen molar-refractivity contribution in [3.05, 3.63) is 36.0 Å². The molecule has 2 bridgehead atoms. The highest BCUT2D eigenvalue weighted by Gasteiger charge is 2.40. The van der Waals surface area contributed by atoms with Crippen LogP contribution in [0.25, 0.3) is 11.5 Å². The van der Waals surface area contributed by atoms with Crippen molar-refractivity contribution < 1.29 is 4.42 Å². The van der Waals surface area contributed by atoms with Gasteiger partial charge in [0.15, 0.2) is 5.76 Å². The van der Waals surface area contributed by atoms with Crippen LogP contribution in [0.2, 0.25) is 0 Å². The number of aryl methyl sites for hydroxylation is 1. The van der Waals surface area contributed by atoms with Crippen LogP contribution in [0.4, 0.5) is 0 Å². The second-order valence-electron chi connectivity index (χ2n) is 6.48. The standard InChI is InChI=1S/C17H22N4O/c1-11-19-15(8-16(20-11)17-3-2-6-22-17)14-10-21-5-4-12(14)7-13(21)9-18/h2-3,6,8,12-14H,4-5,7,9-10,18H2,1H3/t12-,13+,14-/m0/s1. The van der Waals surface area contributed by atoms with Crippen LogP contribution in [-0.4, -0.2) is 40.5 Å². The summed E-state index contributed by atoms with van der Waals surface area (Å²) in [5, 5.41) is 0. The fourth-order valence-corrected chi connectivity index (χ4v) is 4.05. The Kier molecular flexibility index (Phi) is 3.47. The predicted molar refractivity (Wildman–Crippen MR) is 84.4 cm³/mol. The summed E-state index contributed by atoms with van der Waals surface area (Å²) in [5.41, 5.74) is 7.95. The maximum Gasteiger partial charge on any atom is 0.152 e. The minimum atomic E-state index is 0.493. The lowest BCUT2D eigenvalue weighted by Crippen LogP contribution is -2.55. The van der Waals surface area contributed by atoms with Gasteiger partial charge in [0.25, 0.3) is 0 Å². The average molecular weight is 298 g/mol. The Labute approximate surface area is 130 Å². The number of rotatable bonds is 3. The number of fused-ring (bicyclic) bond motifs is 3. The molecule has 1 unspecified atom stereocenters. The second-order valence-corrected chi connectivity index (χ2v) is 6.48. The van der Waals surface area contributed by atoms with Gasteiger partial charge < -0.3 is 10.2 Å². The maximum absolute atomic E-state index is 5.91. The van der Waals surface area contributed by atoms with E-state index in [-0.39, 0.29) is 0 Å². The van der Waals surface area contributed by atoms with Gasteiger partial charge in [0.2, 0.25) is 0 Å². The summed E-state index contributed by atoms with van der Waals surface area (Å²) in [6, 6.07) is 6.51. The molecule has 0 spiro atoms. The van der Waals surface area contributed by atoms with Crippen molar-refractivity contribution in [3.8, 4) is 11.5 Å². The van der Waals surface area contributed by atoms with E-state index in [0.717, 1.165) is 36.1 Å². The molecule has 3 aliphatic heterocycles. The monoisotopic (exact) mass is 298 g/mol. The second kappa shape index (κ2) is 5.48. The molecule has 0 radical (unpaired) electrons. The number of hydrogen-bond donors (Lipinski definition) is 1. The number of nitrogens with two attached hydrogens (primary N) is 1. The molecule has 0 aromatic carbocycles. The van der Waals surface area contributed by atoms with E-state index < -0.39 is 0 Å². The van der Waals surface area contributed by atoms with E-state index in [1.54, 1.807) is 6.26 Å². The van der Waals surface area contributed by atoms with Crippen LogP contribution in [0.3, 0.4) is 0 Å². The normalized spacial score (nSPS) is 30.6. The van der Waals surface area contributed by atoms with Crippen molar-refractivity contribution in [3.63, 3.8) is 0 Å². The Hall–Kier alpha value is -1.72. The van der Waals surface area contributed by atoms with Crippen LogP contribution >= 0.6 is 0 Å². The van der Waals surface area contributed by atoms with Gasteiger partial charge in [0, 0.05) is 30.7 Å². The highest BCUT2D eigenvalue weighted by molar-refractivity contribution is 5.52. The topological polar surface area (TPSA) is 68.2 Å². The Balaban J connectivity index is 1.66. The van der Waals surface area contributed by atoms with E-state index in [9.17, 15) is 0 Å².